The van der Waals surface area contributed by atoms with Crippen LogP contribution in [-0.2, 0) is 0 Å². The Bertz CT molecular complexity index is 1750. The summed E-state index contributed by atoms with van der Waals surface area (Å²) in [6.45, 7) is 1.95. The number of aromatic nitrogens is 6. The molecule has 182 valence electrons. The Labute approximate surface area is 211 Å². The van der Waals surface area contributed by atoms with Gasteiger partial charge in [0.15, 0.2) is 0 Å². The summed E-state index contributed by atoms with van der Waals surface area (Å²) >= 11 is 0. The molecule has 1 aliphatic rings. The molecule has 1 atom stereocenters. The minimum absolute atomic E-state index is 0.0937. The second kappa shape index (κ2) is 8.95. The molecule has 0 saturated heterocycles. The van der Waals surface area contributed by atoms with Crippen molar-refractivity contribution in [3.05, 3.63) is 76.9 Å². The molecule has 10 heteroatoms. The number of nitrogens with zero attached hydrogens (tertiary/aromatic N) is 7. The average molecular weight is 491 g/mol. The number of ether oxygens (including phenoxy) is 1. The number of rotatable bonds is 6. The van der Waals surface area contributed by atoms with Crippen molar-refractivity contribution in [3.63, 3.8) is 0 Å². The normalized spacial score (nSPS) is 13.9. The highest BCUT2D eigenvalue weighted by Gasteiger charge is 2.31. The van der Waals surface area contributed by atoms with E-state index < -0.39 is 0 Å². The third kappa shape index (κ3) is 4.00. The van der Waals surface area contributed by atoms with E-state index in [2.05, 4.69) is 31.3 Å². The van der Waals surface area contributed by atoms with Crippen LogP contribution in [-0.4, -0.2) is 36.6 Å². The average Bonchev–Trinajstić information content (AvgIpc) is 3.78. The maximum Gasteiger partial charge on any atom is 0.316 e. The molecule has 2 aromatic carbocycles. The Morgan fingerprint density at radius 3 is 2.65 bits per heavy atom. The first-order valence-electron chi connectivity index (χ1n) is 11.9. The fourth-order valence-electron chi connectivity index (χ4n) is 4.56. The minimum atomic E-state index is -0.338. The Morgan fingerprint density at radius 1 is 1.11 bits per heavy atom. The summed E-state index contributed by atoms with van der Waals surface area (Å²) in [5.74, 6) is 1.21. The van der Waals surface area contributed by atoms with Crippen molar-refractivity contribution in [2.75, 3.05) is 12.4 Å². The summed E-state index contributed by atoms with van der Waals surface area (Å²) in [6, 6.07) is 13.1. The molecule has 0 unspecified atom stereocenters. The van der Waals surface area contributed by atoms with Crippen LogP contribution in [0.3, 0.4) is 0 Å². The molecule has 0 aliphatic heterocycles. The van der Waals surface area contributed by atoms with Gasteiger partial charge >= 0.3 is 6.01 Å². The minimum Gasteiger partial charge on any atom is -0.467 e. The topological polar surface area (TPSA) is 132 Å². The summed E-state index contributed by atoms with van der Waals surface area (Å²) in [5, 5.41) is 14.0. The molecular weight excluding hydrogens is 468 g/mol. The van der Waals surface area contributed by atoms with Gasteiger partial charge in [0.05, 0.1) is 41.2 Å². The number of hydrogen-bond acceptors (Lipinski definition) is 9. The van der Waals surface area contributed by atoms with E-state index in [4.69, 9.17) is 9.72 Å². The first-order chi connectivity index (χ1) is 18.1. The van der Waals surface area contributed by atoms with Crippen LogP contribution in [0.5, 0.6) is 6.01 Å². The molecule has 5 aromatic rings. The molecule has 6 rings (SSSR count). The predicted molar refractivity (Wildman–Crippen MR) is 138 cm³/mol. The van der Waals surface area contributed by atoms with E-state index in [1.54, 1.807) is 35.2 Å². The standard InChI is InChI=1S/C27H22N8O2/c1-15(33-24-20-10-16(11-28)6-9-21(20)31-14-32-24)25-34-22-5-3-4-19(17-12-29-27(37-2)30-13-17)23(22)26(36)35(25)18-7-8-18/h3-6,9-10,12-15,18H,7-8H2,1-2H3,(H,31,32,33)/t15-/m0/s1. The molecule has 0 amide bonds. The lowest BCUT2D eigenvalue weighted by atomic mass is 10.0. The van der Waals surface area contributed by atoms with Gasteiger partial charge in [-0.3, -0.25) is 9.36 Å². The van der Waals surface area contributed by atoms with E-state index in [-0.39, 0.29) is 23.7 Å². The lowest BCUT2D eigenvalue weighted by Crippen LogP contribution is -2.28. The van der Waals surface area contributed by atoms with Gasteiger partial charge in [0.25, 0.3) is 5.56 Å². The molecule has 1 fully saturated rings. The summed E-state index contributed by atoms with van der Waals surface area (Å²) in [5.41, 5.74) is 3.19. The number of nitrogens with one attached hydrogen (secondary N) is 1. The third-order valence-electron chi connectivity index (χ3n) is 6.50. The number of fused-ring (bicyclic) bond motifs is 2. The lowest BCUT2D eigenvalue weighted by Gasteiger charge is -2.21. The molecule has 0 bridgehead atoms. The molecule has 10 nitrogen and oxygen atoms in total. The SMILES string of the molecule is COc1ncc(-c2cccc3nc([C@H](C)Nc4ncnc5ccc(C#N)cc45)n(C4CC4)c(=O)c23)cn1. The van der Waals surface area contributed by atoms with Crippen molar-refractivity contribution < 1.29 is 4.74 Å². The smallest absolute Gasteiger partial charge is 0.316 e. The van der Waals surface area contributed by atoms with E-state index in [1.807, 2.05) is 25.1 Å². The Hall–Kier alpha value is -4.91. The van der Waals surface area contributed by atoms with Gasteiger partial charge in [-0.25, -0.2) is 24.9 Å². The monoisotopic (exact) mass is 490 g/mol. The number of benzene rings is 2. The first kappa shape index (κ1) is 22.5. The Kier molecular flexibility index (Phi) is 5.45. The molecule has 1 N–H and O–H groups in total. The summed E-state index contributed by atoms with van der Waals surface area (Å²) in [7, 11) is 1.51. The maximum absolute atomic E-state index is 14.0. The van der Waals surface area contributed by atoms with E-state index >= 15 is 0 Å². The van der Waals surface area contributed by atoms with Crippen molar-refractivity contribution in [1.29, 1.82) is 5.26 Å². The highest BCUT2D eigenvalue weighted by atomic mass is 16.5. The van der Waals surface area contributed by atoms with E-state index in [1.165, 1.54) is 13.4 Å². The van der Waals surface area contributed by atoms with Gasteiger partial charge in [0.1, 0.15) is 18.0 Å². The van der Waals surface area contributed by atoms with Gasteiger partial charge in [0, 0.05) is 29.4 Å². The summed E-state index contributed by atoms with van der Waals surface area (Å²) in [4.78, 5) is 36.1. The third-order valence-corrected chi connectivity index (χ3v) is 6.50. The van der Waals surface area contributed by atoms with Crippen LogP contribution in [0.1, 0.15) is 43.2 Å². The van der Waals surface area contributed by atoms with Gasteiger partial charge in [-0.2, -0.15) is 5.26 Å². The predicted octanol–water partition coefficient (Wildman–Crippen LogP) is 4.18. The lowest BCUT2D eigenvalue weighted by molar-refractivity contribution is 0.380. The molecule has 3 heterocycles. The quantitative estimate of drug-likeness (QED) is 0.372. The van der Waals surface area contributed by atoms with Gasteiger partial charge < -0.3 is 10.1 Å². The number of methoxy groups -OCH3 is 1. The fraction of sp³-hybridized carbons (Fsp3) is 0.222. The molecule has 1 saturated carbocycles. The van der Waals surface area contributed by atoms with Crippen LogP contribution < -0.4 is 15.6 Å². The van der Waals surface area contributed by atoms with Gasteiger partial charge in [-0.05, 0) is 49.6 Å². The van der Waals surface area contributed by atoms with Crippen LogP contribution in [0.2, 0.25) is 0 Å². The van der Waals surface area contributed by atoms with Gasteiger partial charge in [0.2, 0.25) is 0 Å². The molecule has 37 heavy (non-hydrogen) atoms. The van der Waals surface area contributed by atoms with Crippen molar-refractivity contribution in [2.24, 2.45) is 0 Å². The van der Waals surface area contributed by atoms with Crippen molar-refractivity contribution in [1.82, 2.24) is 29.5 Å². The highest BCUT2D eigenvalue weighted by molar-refractivity contribution is 5.94. The van der Waals surface area contributed by atoms with E-state index in [0.29, 0.717) is 33.7 Å². The van der Waals surface area contributed by atoms with E-state index in [0.717, 1.165) is 29.3 Å². The van der Waals surface area contributed by atoms with Gasteiger partial charge in [-0.1, -0.05) is 12.1 Å². The number of nitriles is 1. The fourth-order valence-corrected chi connectivity index (χ4v) is 4.56. The Morgan fingerprint density at radius 2 is 1.92 bits per heavy atom. The zero-order chi connectivity index (χ0) is 25.5. The van der Waals surface area contributed by atoms with E-state index in [9.17, 15) is 10.1 Å². The zero-order valence-corrected chi connectivity index (χ0v) is 20.2. The summed E-state index contributed by atoms with van der Waals surface area (Å²) in [6.07, 6.45) is 6.62. The maximum atomic E-state index is 14.0. The number of anilines is 1. The second-order valence-corrected chi connectivity index (χ2v) is 8.97. The van der Waals surface area contributed by atoms with Crippen LogP contribution in [0.25, 0.3) is 32.9 Å². The van der Waals surface area contributed by atoms with Crippen LogP contribution in [0.4, 0.5) is 5.82 Å². The molecule has 3 aromatic heterocycles. The van der Waals surface area contributed by atoms with Crippen molar-refractivity contribution in [3.8, 4) is 23.2 Å². The molecule has 0 radical (unpaired) electrons. The largest absolute Gasteiger partial charge is 0.467 e. The Balaban J connectivity index is 1.47. The molecule has 0 spiro atoms. The van der Waals surface area contributed by atoms with Crippen LogP contribution in [0, 0.1) is 11.3 Å². The van der Waals surface area contributed by atoms with Crippen molar-refractivity contribution in [2.45, 2.75) is 31.8 Å². The highest BCUT2D eigenvalue weighted by Crippen LogP contribution is 2.37. The summed E-state index contributed by atoms with van der Waals surface area (Å²) < 4.78 is 6.88. The van der Waals surface area contributed by atoms with Crippen molar-refractivity contribution >= 4 is 27.6 Å². The molecular formula is C27H22N8O2. The number of hydrogen-bond donors (Lipinski definition) is 1. The van der Waals surface area contributed by atoms with Gasteiger partial charge in [-0.15, -0.1) is 0 Å². The zero-order valence-electron chi connectivity index (χ0n) is 20.2. The second-order valence-electron chi connectivity index (χ2n) is 8.97. The van der Waals surface area contributed by atoms with Crippen LogP contribution >= 0.6 is 0 Å². The first-order valence-corrected chi connectivity index (χ1v) is 11.9. The molecule has 1 aliphatic carbocycles. The van der Waals surface area contributed by atoms with Crippen LogP contribution in [0.15, 0.2) is 59.9 Å².